The van der Waals surface area contributed by atoms with Crippen LogP contribution in [-0.2, 0) is 6.42 Å². The monoisotopic (exact) mass is 321 g/mol. The van der Waals surface area contributed by atoms with Gasteiger partial charge >= 0.3 is 0 Å². The average Bonchev–Trinajstić information content (AvgIpc) is 3.26. The van der Waals surface area contributed by atoms with Gasteiger partial charge in [-0.2, -0.15) is 0 Å². The van der Waals surface area contributed by atoms with E-state index in [4.69, 9.17) is 33.7 Å². The lowest BCUT2D eigenvalue weighted by molar-refractivity contribution is 0.302. The van der Waals surface area contributed by atoms with E-state index in [0.717, 1.165) is 29.7 Å². The van der Waals surface area contributed by atoms with Crippen LogP contribution >= 0.6 is 23.2 Å². The smallest absolute Gasteiger partial charge is 0.120 e. The second-order valence-corrected chi connectivity index (χ2v) is 6.28. The van der Waals surface area contributed by atoms with Crippen LogP contribution in [0, 0.1) is 0 Å². The molecule has 0 bridgehead atoms. The highest BCUT2D eigenvalue weighted by atomic mass is 35.5. The Morgan fingerprint density at radius 2 is 1.95 bits per heavy atom. The van der Waals surface area contributed by atoms with Crippen LogP contribution in [0.25, 0.3) is 0 Å². The van der Waals surface area contributed by atoms with Crippen molar-refractivity contribution in [1.82, 2.24) is 0 Å². The molecule has 0 saturated heterocycles. The number of halogens is 2. The molecule has 2 aromatic carbocycles. The second-order valence-electron chi connectivity index (χ2n) is 5.44. The zero-order valence-corrected chi connectivity index (χ0v) is 13.1. The van der Waals surface area contributed by atoms with E-state index >= 15 is 0 Å². The summed E-state index contributed by atoms with van der Waals surface area (Å²) in [5.41, 5.74) is 8.36. The maximum absolute atomic E-state index is 6.30. The molecule has 2 N–H and O–H groups in total. The fraction of sp³-hybridized carbons (Fsp3) is 0.294. The Morgan fingerprint density at radius 1 is 1.14 bits per heavy atom. The van der Waals surface area contributed by atoms with Gasteiger partial charge in [-0.25, -0.2) is 0 Å². The molecular formula is C17H17Cl2NO. The minimum Gasteiger partial charge on any atom is -0.490 e. The van der Waals surface area contributed by atoms with Crippen molar-refractivity contribution in [2.24, 2.45) is 5.73 Å². The highest BCUT2D eigenvalue weighted by Gasteiger charge is 2.23. The summed E-state index contributed by atoms with van der Waals surface area (Å²) in [4.78, 5) is 0. The topological polar surface area (TPSA) is 35.2 Å². The molecule has 0 aromatic heterocycles. The first-order chi connectivity index (χ1) is 10.1. The lowest BCUT2D eigenvalue weighted by Gasteiger charge is -2.15. The fourth-order valence-corrected chi connectivity index (χ4v) is 2.72. The molecule has 2 aromatic rings. The molecule has 1 fully saturated rings. The van der Waals surface area contributed by atoms with Crippen LogP contribution in [0.5, 0.6) is 5.75 Å². The van der Waals surface area contributed by atoms with Gasteiger partial charge in [0, 0.05) is 16.1 Å². The average molecular weight is 322 g/mol. The molecule has 2 nitrogen and oxygen atoms in total. The van der Waals surface area contributed by atoms with E-state index < -0.39 is 0 Å². The van der Waals surface area contributed by atoms with Crippen molar-refractivity contribution in [3.63, 3.8) is 0 Å². The summed E-state index contributed by atoms with van der Waals surface area (Å²) in [6.45, 7) is 0. The zero-order valence-electron chi connectivity index (χ0n) is 11.6. The summed E-state index contributed by atoms with van der Waals surface area (Å²) in [6, 6.07) is 13.4. The first-order valence-corrected chi connectivity index (χ1v) is 7.83. The molecular weight excluding hydrogens is 305 g/mol. The molecule has 21 heavy (non-hydrogen) atoms. The summed E-state index contributed by atoms with van der Waals surface area (Å²) >= 11 is 12.1. The fourth-order valence-electron chi connectivity index (χ4n) is 2.24. The molecule has 4 heteroatoms. The van der Waals surface area contributed by atoms with Crippen molar-refractivity contribution in [2.45, 2.75) is 31.4 Å². The molecule has 1 saturated carbocycles. The Morgan fingerprint density at radius 3 is 2.67 bits per heavy atom. The van der Waals surface area contributed by atoms with Gasteiger partial charge in [-0.05, 0) is 54.7 Å². The summed E-state index contributed by atoms with van der Waals surface area (Å²) in [6.07, 6.45) is 3.36. The molecule has 1 aliphatic carbocycles. The van der Waals surface area contributed by atoms with Gasteiger partial charge in [-0.15, -0.1) is 0 Å². The number of ether oxygens (including phenoxy) is 1. The second kappa shape index (κ2) is 6.27. The maximum atomic E-state index is 6.30. The maximum Gasteiger partial charge on any atom is 0.120 e. The van der Waals surface area contributed by atoms with Crippen molar-refractivity contribution in [1.29, 1.82) is 0 Å². The number of nitrogens with two attached hydrogens (primary N) is 1. The Hall–Kier alpha value is -1.22. The number of benzene rings is 2. The number of hydrogen-bond acceptors (Lipinski definition) is 2. The van der Waals surface area contributed by atoms with E-state index in [1.807, 2.05) is 36.4 Å². The minimum absolute atomic E-state index is 0.119. The minimum atomic E-state index is -0.119. The first-order valence-electron chi connectivity index (χ1n) is 7.08. The predicted octanol–water partition coefficient (Wildman–Crippen LogP) is 4.78. The van der Waals surface area contributed by atoms with E-state index in [0.29, 0.717) is 22.6 Å². The van der Waals surface area contributed by atoms with Gasteiger partial charge in [0.15, 0.2) is 0 Å². The van der Waals surface area contributed by atoms with Crippen LogP contribution in [0.2, 0.25) is 10.0 Å². The molecule has 110 valence electrons. The molecule has 0 aliphatic heterocycles. The van der Waals surface area contributed by atoms with Crippen molar-refractivity contribution in [2.75, 3.05) is 0 Å². The van der Waals surface area contributed by atoms with Gasteiger partial charge < -0.3 is 10.5 Å². The molecule has 1 unspecified atom stereocenters. The van der Waals surface area contributed by atoms with Gasteiger partial charge in [0.2, 0.25) is 0 Å². The summed E-state index contributed by atoms with van der Waals surface area (Å²) < 4.78 is 5.81. The number of hydrogen-bond donors (Lipinski definition) is 1. The van der Waals surface area contributed by atoms with Gasteiger partial charge in [0.25, 0.3) is 0 Å². The third-order valence-corrected chi connectivity index (χ3v) is 4.16. The van der Waals surface area contributed by atoms with Gasteiger partial charge in [0.1, 0.15) is 5.75 Å². The molecule has 1 atom stereocenters. The van der Waals surface area contributed by atoms with Crippen LogP contribution < -0.4 is 10.5 Å². The van der Waals surface area contributed by atoms with Crippen molar-refractivity contribution < 1.29 is 4.74 Å². The van der Waals surface area contributed by atoms with Crippen LogP contribution in [0.1, 0.15) is 30.0 Å². The van der Waals surface area contributed by atoms with Gasteiger partial charge in [-0.3, -0.25) is 0 Å². The molecule has 3 rings (SSSR count). The Labute approximate surface area is 134 Å². The van der Waals surface area contributed by atoms with E-state index in [1.165, 1.54) is 0 Å². The molecule has 0 heterocycles. The highest BCUT2D eigenvalue weighted by Crippen LogP contribution is 2.29. The Balaban J connectivity index is 1.73. The van der Waals surface area contributed by atoms with Crippen LogP contribution in [0.15, 0.2) is 42.5 Å². The van der Waals surface area contributed by atoms with Crippen LogP contribution in [0.3, 0.4) is 0 Å². The van der Waals surface area contributed by atoms with E-state index in [-0.39, 0.29) is 6.04 Å². The molecule has 0 radical (unpaired) electrons. The quantitative estimate of drug-likeness (QED) is 0.860. The molecule has 0 amide bonds. The zero-order chi connectivity index (χ0) is 14.8. The SMILES string of the molecule is NC(Cc1ccc(Cl)cc1Cl)c1cccc(OC2CC2)c1. The summed E-state index contributed by atoms with van der Waals surface area (Å²) in [5.74, 6) is 0.896. The predicted molar refractivity (Wildman–Crippen MR) is 87.2 cm³/mol. The highest BCUT2D eigenvalue weighted by molar-refractivity contribution is 6.35. The normalized spacial score (nSPS) is 15.8. The van der Waals surface area contributed by atoms with Crippen LogP contribution in [-0.4, -0.2) is 6.10 Å². The standard InChI is InChI=1S/C17H17Cl2NO/c18-13-5-4-11(16(19)10-13)9-17(20)12-2-1-3-15(8-12)21-14-6-7-14/h1-5,8,10,14,17H,6-7,9,20H2. The van der Waals surface area contributed by atoms with E-state index in [1.54, 1.807) is 6.07 Å². The lowest BCUT2D eigenvalue weighted by atomic mass is 9.99. The molecule has 0 spiro atoms. The van der Waals surface area contributed by atoms with Crippen molar-refractivity contribution in [3.8, 4) is 5.75 Å². The third-order valence-electron chi connectivity index (χ3n) is 3.57. The largest absolute Gasteiger partial charge is 0.490 e. The third kappa shape index (κ3) is 3.91. The van der Waals surface area contributed by atoms with Crippen LogP contribution in [0.4, 0.5) is 0 Å². The van der Waals surface area contributed by atoms with E-state index in [9.17, 15) is 0 Å². The Bertz CT molecular complexity index is 640. The number of rotatable bonds is 5. The summed E-state index contributed by atoms with van der Waals surface area (Å²) in [5, 5.41) is 1.29. The Kier molecular flexibility index (Phi) is 4.39. The molecule has 1 aliphatic rings. The lowest BCUT2D eigenvalue weighted by Crippen LogP contribution is -2.13. The van der Waals surface area contributed by atoms with E-state index in [2.05, 4.69) is 0 Å². The first kappa shape index (κ1) is 14.7. The van der Waals surface area contributed by atoms with Gasteiger partial charge in [0.05, 0.1) is 6.10 Å². The van der Waals surface area contributed by atoms with Crippen molar-refractivity contribution >= 4 is 23.2 Å². The summed E-state index contributed by atoms with van der Waals surface area (Å²) in [7, 11) is 0. The van der Waals surface area contributed by atoms with Crippen molar-refractivity contribution in [3.05, 3.63) is 63.6 Å². The van der Waals surface area contributed by atoms with Gasteiger partial charge in [-0.1, -0.05) is 41.4 Å².